The van der Waals surface area contributed by atoms with Gasteiger partial charge in [-0.15, -0.1) is 11.6 Å². The first-order valence-electron chi connectivity index (χ1n) is 5.92. The van der Waals surface area contributed by atoms with E-state index in [0.717, 1.165) is 12.8 Å². The first kappa shape index (κ1) is 13.5. The van der Waals surface area contributed by atoms with Crippen molar-refractivity contribution in [2.24, 2.45) is 11.3 Å². The van der Waals surface area contributed by atoms with E-state index in [0.29, 0.717) is 11.3 Å². The number of hydrogen-bond acceptors (Lipinski definition) is 1. The summed E-state index contributed by atoms with van der Waals surface area (Å²) in [5, 5.41) is 0.219. The minimum atomic E-state index is 0.219. The molecule has 1 aromatic heterocycles. The average Bonchev–Trinajstić information content (AvgIpc) is 2.17. The third-order valence-corrected chi connectivity index (χ3v) is 3.63. The van der Waals surface area contributed by atoms with Crippen LogP contribution >= 0.6 is 11.6 Å². The van der Waals surface area contributed by atoms with Crippen molar-refractivity contribution < 1.29 is 0 Å². The lowest BCUT2D eigenvalue weighted by atomic mass is 9.79. The molecule has 0 aliphatic rings. The molecule has 0 aromatic carbocycles. The van der Waals surface area contributed by atoms with Crippen LogP contribution in [0.5, 0.6) is 0 Å². The Balaban J connectivity index is 2.45. The second-order valence-electron chi connectivity index (χ2n) is 5.66. The lowest BCUT2D eigenvalue weighted by molar-refractivity contribution is 0.244. The van der Waals surface area contributed by atoms with E-state index in [-0.39, 0.29) is 5.38 Å². The molecule has 0 N–H and O–H groups in total. The number of alkyl halides is 1. The van der Waals surface area contributed by atoms with Gasteiger partial charge in [0.15, 0.2) is 0 Å². The Kier molecular flexibility index (Phi) is 4.79. The van der Waals surface area contributed by atoms with Gasteiger partial charge in [0.25, 0.3) is 0 Å². The van der Waals surface area contributed by atoms with Crippen molar-refractivity contribution in [3.63, 3.8) is 0 Å². The highest BCUT2D eigenvalue weighted by Crippen LogP contribution is 2.31. The van der Waals surface area contributed by atoms with Crippen LogP contribution in [0.1, 0.15) is 39.7 Å². The number of nitrogens with zero attached hydrogens (tertiary/aromatic N) is 1. The summed E-state index contributed by atoms with van der Waals surface area (Å²) < 4.78 is 0. The molecule has 1 rings (SSSR count). The molecule has 0 fully saturated rings. The highest BCUT2D eigenvalue weighted by atomic mass is 35.5. The zero-order chi connectivity index (χ0) is 12.2. The minimum absolute atomic E-state index is 0.219. The quantitative estimate of drug-likeness (QED) is 0.714. The maximum Gasteiger partial charge on any atom is 0.0379 e. The van der Waals surface area contributed by atoms with Gasteiger partial charge in [0.1, 0.15) is 0 Å². The number of halogens is 1. The molecular formula is C14H22ClN. The van der Waals surface area contributed by atoms with E-state index in [9.17, 15) is 0 Å². The number of hydrogen-bond donors (Lipinski definition) is 0. The fraction of sp³-hybridized carbons (Fsp3) is 0.643. The average molecular weight is 240 g/mol. The summed E-state index contributed by atoms with van der Waals surface area (Å²) in [6, 6.07) is 4.08. The van der Waals surface area contributed by atoms with Gasteiger partial charge in [-0.2, -0.15) is 0 Å². The topological polar surface area (TPSA) is 12.9 Å². The van der Waals surface area contributed by atoms with Crippen molar-refractivity contribution in [3.8, 4) is 0 Å². The first-order chi connectivity index (χ1) is 7.39. The molecule has 0 bridgehead atoms. The summed E-state index contributed by atoms with van der Waals surface area (Å²) in [5.74, 6) is 0.636. The van der Waals surface area contributed by atoms with Gasteiger partial charge in [0.05, 0.1) is 0 Å². The Morgan fingerprint density at radius 2 is 1.81 bits per heavy atom. The Hall–Kier alpha value is -0.560. The molecule has 0 amide bonds. The van der Waals surface area contributed by atoms with Gasteiger partial charge in [-0.25, -0.2) is 0 Å². The van der Waals surface area contributed by atoms with Gasteiger partial charge in [0, 0.05) is 17.8 Å². The molecule has 2 atom stereocenters. The van der Waals surface area contributed by atoms with Crippen molar-refractivity contribution in [1.82, 2.24) is 4.98 Å². The second kappa shape index (κ2) is 5.67. The predicted octanol–water partition coefficient (Wildman–Crippen LogP) is 4.30. The van der Waals surface area contributed by atoms with E-state index in [1.165, 1.54) is 5.56 Å². The van der Waals surface area contributed by atoms with Gasteiger partial charge >= 0.3 is 0 Å². The van der Waals surface area contributed by atoms with Gasteiger partial charge in [-0.3, -0.25) is 4.98 Å². The number of aromatic nitrogens is 1. The SMILES string of the molecule is CC(CC(Cl)Cc1ccncc1)C(C)(C)C. The van der Waals surface area contributed by atoms with Gasteiger partial charge in [0.2, 0.25) is 0 Å². The highest BCUT2D eigenvalue weighted by Gasteiger charge is 2.22. The van der Waals surface area contributed by atoms with Crippen LogP contribution < -0.4 is 0 Å². The Morgan fingerprint density at radius 3 is 2.31 bits per heavy atom. The fourth-order valence-corrected chi connectivity index (χ4v) is 2.04. The van der Waals surface area contributed by atoms with Crippen LogP contribution in [-0.4, -0.2) is 10.4 Å². The molecule has 1 nitrogen and oxygen atoms in total. The largest absolute Gasteiger partial charge is 0.265 e. The third-order valence-electron chi connectivity index (χ3n) is 3.29. The summed E-state index contributed by atoms with van der Waals surface area (Å²) in [6.07, 6.45) is 5.65. The van der Waals surface area contributed by atoms with Crippen LogP contribution in [-0.2, 0) is 6.42 Å². The summed E-state index contributed by atoms with van der Waals surface area (Å²) >= 11 is 6.40. The molecule has 0 saturated carbocycles. The van der Waals surface area contributed by atoms with Crippen LogP contribution in [0, 0.1) is 11.3 Å². The molecule has 0 aliphatic heterocycles. The van der Waals surface area contributed by atoms with E-state index >= 15 is 0 Å². The van der Waals surface area contributed by atoms with E-state index in [1.54, 1.807) is 0 Å². The number of pyridine rings is 1. The maximum absolute atomic E-state index is 6.40. The van der Waals surface area contributed by atoms with E-state index < -0.39 is 0 Å². The summed E-state index contributed by atoms with van der Waals surface area (Å²) in [7, 11) is 0. The van der Waals surface area contributed by atoms with E-state index in [1.807, 2.05) is 24.5 Å². The van der Waals surface area contributed by atoms with Gasteiger partial charge in [-0.1, -0.05) is 27.7 Å². The molecule has 0 radical (unpaired) electrons. The first-order valence-corrected chi connectivity index (χ1v) is 6.36. The predicted molar refractivity (Wildman–Crippen MR) is 70.8 cm³/mol. The molecule has 1 aromatic rings. The summed E-state index contributed by atoms with van der Waals surface area (Å²) in [6.45, 7) is 9.09. The molecule has 0 spiro atoms. The lowest BCUT2D eigenvalue weighted by Gasteiger charge is -2.28. The standard InChI is InChI=1S/C14H22ClN/c1-11(14(2,3)4)9-13(15)10-12-5-7-16-8-6-12/h5-8,11,13H,9-10H2,1-4H3. The lowest BCUT2D eigenvalue weighted by Crippen LogP contribution is -2.21. The van der Waals surface area contributed by atoms with Gasteiger partial charge in [-0.05, 0) is 41.9 Å². The van der Waals surface area contributed by atoms with Crippen LogP contribution in [0.2, 0.25) is 0 Å². The number of rotatable bonds is 4. The summed E-state index contributed by atoms with van der Waals surface area (Å²) in [5.41, 5.74) is 1.61. The molecular weight excluding hydrogens is 218 g/mol. The molecule has 16 heavy (non-hydrogen) atoms. The molecule has 0 saturated heterocycles. The van der Waals surface area contributed by atoms with Crippen molar-refractivity contribution >= 4 is 11.6 Å². The smallest absolute Gasteiger partial charge is 0.0379 e. The van der Waals surface area contributed by atoms with E-state index in [2.05, 4.69) is 32.7 Å². The maximum atomic E-state index is 6.40. The van der Waals surface area contributed by atoms with Crippen molar-refractivity contribution in [1.29, 1.82) is 0 Å². The minimum Gasteiger partial charge on any atom is -0.265 e. The second-order valence-corrected chi connectivity index (χ2v) is 6.28. The van der Waals surface area contributed by atoms with E-state index in [4.69, 9.17) is 11.6 Å². The Labute approximate surface area is 104 Å². The zero-order valence-corrected chi connectivity index (χ0v) is 11.5. The van der Waals surface area contributed by atoms with Crippen LogP contribution in [0.15, 0.2) is 24.5 Å². The van der Waals surface area contributed by atoms with Crippen molar-refractivity contribution in [3.05, 3.63) is 30.1 Å². The molecule has 90 valence electrons. The van der Waals surface area contributed by atoms with Gasteiger partial charge < -0.3 is 0 Å². The normalized spacial score (nSPS) is 15.8. The van der Waals surface area contributed by atoms with Crippen LogP contribution in [0.4, 0.5) is 0 Å². The van der Waals surface area contributed by atoms with Crippen molar-refractivity contribution in [2.45, 2.75) is 45.9 Å². The molecule has 2 unspecified atom stereocenters. The highest BCUT2D eigenvalue weighted by molar-refractivity contribution is 6.20. The Bertz CT molecular complexity index is 302. The zero-order valence-electron chi connectivity index (χ0n) is 10.7. The van der Waals surface area contributed by atoms with Crippen LogP contribution in [0.25, 0.3) is 0 Å². The van der Waals surface area contributed by atoms with Crippen LogP contribution in [0.3, 0.4) is 0 Å². The fourth-order valence-electron chi connectivity index (χ4n) is 1.60. The monoisotopic (exact) mass is 239 g/mol. The molecule has 2 heteroatoms. The molecule has 1 heterocycles. The summed E-state index contributed by atoms with van der Waals surface area (Å²) in [4.78, 5) is 4.01. The third kappa shape index (κ3) is 4.52. The van der Waals surface area contributed by atoms with Crippen molar-refractivity contribution in [2.75, 3.05) is 0 Å². The Morgan fingerprint density at radius 1 is 1.25 bits per heavy atom. The molecule has 0 aliphatic carbocycles.